The first-order chi connectivity index (χ1) is 11.9. The number of aromatic carboxylic acids is 1. The molecule has 0 unspecified atom stereocenters. The van der Waals surface area contributed by atoms with Gasteiger partial charge in [-0.3, -0.25) is 19.8 Å². The zero-order chi connectivity index (χ0) is 18.1. The Morgan fingerprint density at radius 3 is 2.44 bits per heavy atom. The zero-order valence-corrected chi connectivity index (χ0v) is 12.9. The Morgan fingerprint density at radius 1 is 1.12 bits per heavy atom. The lowest BCUT2D eigenvalue weighted by atomic mass is 10.1. The number of nitrogens with one attached hydrogen (secondary N) is 1. The number of amides is 4. The van der Waals surface area contributed by atoms with Crippen molar-refractivity contribution in [3.63, 3.8) is 0 Å². The van der Waals surface area contributed by atoms with E-state index in [9.17, 15) is 24.3 Å². The van der Waals surface area contributed by atoms with E-state index in [2.05, 4.69) is 0 Å². The van der Waals surface area contributed by atoms with E-state index in [0.717, 1.165) is 4.90 Å². The number of likely N-dealkylation sites (N-methyl/N-ethyl adjacent to an activating group) is 1. The smallest absolute Gasteiger partial charge is 0.331 e. The van der Waals surface area contributed by atoms with E-state index in [4.69, 9.17) is 4.42 Å². The Kier molecular flexibility index (Phi) is 3.94. The van der Waals surface area contributed by atoms with Crippen molar-refractivity contribution < 1.29 is 28.7 Å². The Morgan fingerprint density at radius 2 is 1.80 bits per heavy atom. The van der Waals surface area contributed by atoms with Crippen molar-refractivity contribution in [3.05, 3.63) is 53.3 Å². The van der Waals surface area contributed by atoms with Crippen LogP contribution in [-0.4, -0.2) is 35.8 Å². The topological polar surface area (TPSA) is 120 Å². The van der Waals surface area contributed by atoms with Crippen LogP contribution in [0, 0.1) is 0 Å². The summed E-state index contributed by atoms with van der Waals surface area (Å²) in [5.74, 6) is -2.16. The maximum Gasteiger partial charge on any atom is 0.331 e. The molecule has 0 saturated carbocycles. The highest BCUT2D eigenvalue weighted by atomic mass is 16.4. The second kappa shape index (κ2) is 6.08. The molecule has 0 spiro atoms. The van der Waals surface area contributed by atoms with Crippen LogP contribution in [0.5, 0.6) is 0 Å². The number of hydrogen-bond donors (Lipinski definition) is 1. The Labute approximate surface area is 141 Å². The first-order valence-corrected chi connectivity index (χ1v) is 7.13. The van der Waals surface area contributed by atoms with Gasteiger partial charge in [0, 0.05) is 12.6 Å². The number of imide groups is 2. The number of carboxylic acid groups (broad SMARTS) is 1. The molecule has 0 bridgehead atoms. The fourth-order valence-electron chi connectivity index (χ4n) is 2.24. The Hall–Kier alpha value is -3.68. The highest BCUT2D eigenvalue weighted by molar-refractivity contribution is 6.30. The van der Waals surface area contributed by atoms with E-state index in [1.165, 1.54) is 25.3 Å². The van der Waals surface area contributed by atoms with E-state index in [1.54, 1.807) is 24.3 Å². The summed E-state index contributed by atoms with van der Waals surface area (Å²) in [4.78, 5) is 46.7. The zero-order valence-electron chi connectivity index (χ0n) is 12.9. The van der Waals surface area contributed by atoms with Crippen LogP contribution in [0.4, 0.5) is 4.79 Å². The summed E-state index contributed by atoms with van der Waals surface area (Å²) < 4.78 is 5.56. The predicted molar refractivity (Wildman–Crippen MR) is 82.8 cm³/mol. The summed E-state index contributed by atoms with van der Waals surface area (Å²) >= 11 is 0. The van der Waals surface area contributed by atoms with E-state index >= 15 is 0 Å². The van der Waals surface area contributed by atoms with Gasteiger partial charge in [0.2, 0.25) is 0 Å². The normalized spacial score (nSPS) is 16.3. The third kappa shape index (κ3) is 3.05. The van der Waals surface area contributed by atoms with Crippen LogP contribution in [-0.2, 0) is 9.59 Å². The minimum absolute atomic E-state index is 0.0369. The van der Waals surface area contributed by atoms with E-state index < -0.39 is 23.8 Å². The molecule has 3 rings (SSSR count). The molecule has 1 aromatic heterocycles. The van der Waals surface area contributed by atoms with Crippen molar-refractivity contribution in [3.8, 4) is 11.3 Å². The van der Waals surface area contributed by atoms with Crippen molar-refractivity contribution in [2.75, 3.05) is 7.05 Å². The van der Waals surface area contributed by atoms with Gasteiger partial charge in [0.1, 0.15) is 17.1 Å². The highest BCUT2D eigenvalue weighted by Gasteiger charge is 2.33. The summed E-state index contributed by atoms with van der Waals surface area (Å²) in [7, 11) is 1.25. The van der Waals surface area contributed by atoms with E-state index in [0.29, 0.717) is 11.3 Å². The second-order valence-electron chi connectivity index (χ2n) is 5.25. The molecule has 4 amide bonds. The lowest BCUT2D eigenvalue weighted by molar-refractivity contribution is -0.255. The van der Waals surface area contributed by atoms with Gasteiger partial charge in [0.15, 0.2) is 0 Å². The van der Waals surface area contributed by atoms with Crippen LogP contribution in [0.2, 0.25) is 0 Å². The summed E-state index contributed by atoms with van der Waals surface area (Å²) in [6, 6.07) is 8.22. The van der Waals surface area contributed by atoms with Gasteiger partial charge in [-0.05, 0) is 23.8 Å². The summed E-state index contributed by atoms with van der Waals surface area (Å²) in [6.07, 6.45) is 1.24. The second-order valence-corrected chi connectivity index (χ2v) is 5.25. The number of hydrogen-bond acceptors (Lipinski definition) is 6. The van der Waals surface area contributed by atoms with Gasteiger partial charge in [-0.25, -0.2) is 4.79 Å². The number of carbonyl (C=O) groups is 4. The van der Waals surface area contributed by atoms with Gasteiger partial charge in [-0.2, -0.15) is 0 Å². The van der Waals surface area contributed by atoms with Crippen LogP contribution < -0.4 is 10.4 Å². The minimum atomic E-state index is -1.28. The van der Waals surface area contributed by atoms with Crippen molar-refractivity contribution in [1.29, 1.82) is 0 Å². The lowest BCUT2D eigenvalue weighted by Gasteiger charge is -2.21. The van der Waals surface area contributed by atoms with Gasteiger partial charge in [-0.15, -0.1) is 0 Å². The molecular weight excluding hydrogens is 328 g/mol. The molecule has 1 aliphatic heterocycles. The Bertz CT molecular complexity index is 923. The molecule has 1 saturated heterocycles. The molecule has 1 aliphatic rings. The average molecular weight is 339 g/mol. The number of carboxylic acids is 1. The average Bonchev–Trinajstić information content (AvgIpc) is 3.05. The SMILES string of the molecule is CN1C(=O)NC(=O)C(=Cc2ccc(-c3ccc(C(=O)[O-])cc3)o2)C1=O. The maximum absolute atomic E-state index is 12.0. The lowest BCUT2D eigenvalue weighted by Crippen LogP contribution is -2.52. The van der Waals surface area contributed by atoms with Crippen LogP contribution in [0.15, 0.2) is 46.4 Å². The van der Waals surface area contributed by atoms with Gasteiger partial charge < -0.3 is 14.3 Å². The summed E-state index contributed by atoms with van der Waals surface area (Å²) in [6.45, 7) is 0. The largest absolute Gasteiger partial charge is 0.545 e. The van der Waals surface area contributed by atoms with Gasteiger partial charge in [0.05, 0.1) is 5.97 Å². The first-order valence-electron chi connectivity index (χ1n) is 7.13. The third-order valence-electron chi connectivity index (χ3n) is 3.62. The number of furan rings is 1. The van der Waals surface area contributed by atoms with Crippen molar-refractivity contribution in [1.82, 2.24) is 10.2 Å². The van der Waals surface area contributed by atoms with Crippen LogP contribution in [0.25, 0.3) is 17.4 Å². The van der Waals surface area contributed by atoms with Crippen LogP contribution >= 0.6 is 0 Å². The Balaban J connectivity index is 1.88. The first kappa shape index (κ1) is 16.2. The van der Waals surface area contributed by atoms with E-state index in [1.807, 2.05) is 5.32 Å². The van der Waals surface area contributed by atoms with Crippen molar-refractivity contribution in [2.24, 2.45) is 0 Å². The molecule has 2 aromatic rings. The number of urea groups is 1. The summed E-state index contributed by atoms with van der Waals surface area (Å²) in [5.41, 5.74) is 0.423. The minimum Gasteiger partial charge on any atom is -0.545 e. The predicted octanol–water partition coefficient (Wildman–Crippen LogP) is 0.402. The van der Waals surface area contributed by atoms with Gasteiger partial charge in [-0.1, -0.05) is 24.3 Å². The standard InChI is InChI=1S/C17H12N2O6/c1-19-15(21)12(14(20)18-17(19)24)8-11-6-7-13(25-11)9-2-4-10(5-3-9)16(22)23/h2-8H,1H3,(H,22,23)(H,18,20,24)/p-1. The molecule has 8 nitrogen and oxygen atoms in total. The van der Waals surface area contributed by atoms with Crippen LogP contribution in [0.3, 0.4) is 0 Å². The molecule has 1 aromatic carbocycles. The number of nitrogens with zero attached hydrogens (tertiary/aromatic N) is 1. The number of carbonyl (C=O) groups excluding carboxylic acids is 4. The molecule has 126 valence electrons. The molecule has 1 N–H and O–H groups in total. The molecular formula is C17H11N2O6-. The van der Waals surface area contributed by atoms with Crippen molar-refractivity contribution >= 4 is 29.9 Å². The summed E-state index contributed by atoms with van der Waals surface area (Å²) in [5, 5.41) is 12.8. The number of barbiturate groups is 1. The van der Waals surface area contributed by atoms with Crippen LogP contribution in [0.1, 0.15) is 16.1 Å². The highest BCUT2D eigenvalue weighted by Crippen LogP contribution is 2.24. The molecule has 1 fully saturated rings. The fraction of sp³-hybridized carbons (Fsp3) is 0.0588. The maximum atomic E-state index is 12.0. The van der Waals surface area contributed by atoms with E-state index in [-0.39, 0.29) is 16.9 Å². The molecule has 8 heteroatoms. The quantitative estimate of drug-likeness (QED) is 0.638. The monoisotopic (exact) mass is 339 g/mol. The molecule has 0 radical (unpaired) electrons. The number of benzene rings is 1. The van der Waals surface area contributed by atoms with Crippen molar-refractivity contribution in [2.45, 2.75) is 0 Å². The molecule has 25 heavy (non-hydrogen) atoms. The van der Waals surface area contributed by atoms with Gasteiger partial charge >= 0.3 is 6.03 Å². The van der Waals surface area contributed by atoms with Gasteiger partial charge in [0.25, 0.3) is 11.8 Å². The molecule has 0 aliphatic carbocycles. The molecule has 2 heterocycles. The third-order valence-corrected chi connectivity index (χ3v) is 3.62. The molecule has 0 atom stereocenters. The number of rotatable bonds is 3. The fourth-order valence-corrected chi connectivity index (χ4v) is 2.24.